The quantitative estimate of drug-likeness (QED) is 0.386. The van der Waals surface area contributed by atoms with E-state index in [9.17, 15) is 9.59 Å². The molecule has 0 amide bonds. The topological polar surface area (TPSA) is 81.9 Å². The number of ether oxygens (including phenoxy) is 2. The molecule has 0 spiro atoms. The summed E-state index contributed by atoms with van der Waals surface area (Å²) in [5.41, 5.74) is 8.04. The van der Waals surface area contributed by atoms with Gasteiger partial charge in [0.1, 0.15) is 19.0 Å². The lowest BCUT2D eigenvalue weighted by Gasteiger charge is -2.28. The number of carbonyl (C=O) groups is 2. The van der Waals surface area contributed by atoms with Crippen molar-refractivity contribution in [3.8, 4) is 5.75 Å². The first kappa shape index (κ1) is 15.9. The molecule has 0 aromatic heterocycles. The molecule has 0 radical (unpaired) electrons. The molecule has 6 heteroatoms. The van der Waals surface area contributed by atoms with Crippen molar-refractivity contribution in [3.63, 3.8) is 0 Å². The summed E-state index contributed by atoms with van der Waals surface area (Å²) < 4.78 is 10.5. The first-order valence-electron chi connectivity index (χ1n) is 7.04. The zero-order valence-corrected chi connectivity index (χ0v) is 12.8. The van der Waals surface area contributed by atoms with Gasteiger partial charge in [0.15, 0.2) is 5.78 Å². The number of nitrogens with zero attached hydrogens (tertiary/aromatic N) is 1. The van der Waals surface area contributed by atoms with Crippen molar-refractivity contribution in [2.45, 2.75) is 13.3 Å². The van der Waals surface area contributed by atoms with E-state index in [4.69, 9.17) is 15.2 Å². The number of ketones is 1. The minimum Gasteiger partial charge on any atom is -0.488 e. The van der Waals surface area contributed by atoms with Gasteiger partial charge in [0.25, 0.3) is 0 Å². The molecule has 2 N–H and O–H groups in total. The maximum atomic E-state index is 12.1. The maximum Gasteiger partial charge on any atom is 0.333 e. The highest BCUT2D eigenvalue weighted by Gasteiger charge is 2.25. The van der Waals surface area contributed by atoms with Crippen LogP contribution in [0.25, 0.3) is 0 Å². The number of benzene rings is 1. The molecule has 0 saturated heterocycles. The van der Waals surface area contributed by atoms with Crippen LogP contribution < -0.4 is 15.4 Å². The van der Waals surface area contributed by atoms with Crippen molar-refractivity contribution >= 4 is 23.1 Å². The van der Waals surface area contributed by atoms with Gasteiger partial charge in [-0.05, 0) is 19.1 Å². The second kappa shape index (κ2) is 6.51. The van der Waals surface area contributed by atoms with E-state index in [0.717, 1.165) is 5.69 Å². The number of hydrogen-bond donors (Lipinski definition) is 1. The average Bonchev–Trinajstić information content (AvgIpc) is 2.48. The standard InChI is InChI=1S/C16H20N2O4/c1-10(2)16(20)22-9-8-21-13-5-4-11-14(15(13)17)12(19)6-7-18(11)3/h4-5H,1,6-9,17H2,2-3H3. The van der Waals surface area contributed by atoms with Crippen molar-refractivity contribution in [3.05, 3.63) is 29.8 Å². The minimum absolute atomic E-state index is 0.0183. The molecule has 0 aliphatic carbocycles. The van der Waals surface area contributed by atoms with Crippen LogP contribution in [0, 0.1) is 0 Å². The van der Waals surface area contributed by atoms with Gasteiger partial charge in [-0.2, -0.15) is 0 Å². The van der Waals surface area contributed by atoms with Gasteiger partial charge in [0.05, 0.1) is 11.3 Å². The summed E-state index contributed by atoms with van der Waals surface area (Å²) in [6.45, 7) is 6.00. The lowest BCUT2D eigenvalue weighted by Crippen LogP contribution is -2.29. The van der Waals surface area contributed by atoms with E-state index < -0.39 is 5.97 Å². The molecule has 1 aliphatic heterocycles. The van der Waals surface area contributed by atoms with Crippen molar-refractivity contribution in [2.24, 2.45) is 0 Å². The van der Waals surface area contributed by atoms with Gasteiger partial charge in [0, 0.05) is 31.3 Å². The van der Waals surface area contributed by atoms with Crippen LogP contribution in [0.3, 0.4) is 0 Å². The second-order valence-electron chi connectivity index (χ2n) is 5.23. The number of Topliss-reactive ketones (excluding diaryl/α,β-unsaturated/α-hetero) is 1. The molecule has 1 aromatic carbocycles. The molecule has 0 fully saturated rings. The van der Waals surface area contributed by atoms with E-state index in [1.54, 1.807) is 13.0 Å². The molecule has 0 saturated carbocycles. The minimum atomic E-state index is -0.459. The zero-order valence-electron chi connectivity index (χ0n) is 12.8. The van der Waals surface area contributed by atoms with Crippen LogP contribution in [0.15, 0.2) is 24.3 Å². The van der Waals surface area contributed by atoms with Gasteiger partial charge in [-0.3, -0.25) is 4.79 Å². The van der Waals surface area contributed by atoms with E-state index in [2.05, 4.69) is 6.58 Å². The summed E-state index contributed by atoms with van der Waals surface area (Å²) in [5.74, 6) is -0.0163. The Balaban J connectivity index is 2.04. The second-order valence-corrected chi connectivity index (χ2v) is 5.23. The Kier molecular flexibility index (Phi) is 4.70. The van der Waals surface area contributed by atoms with Crippen LogP contribution in [0.2, 0.25) is 0 Å². The molecular formula is C16H20N2O4. The van der Waals surface area contributed by atoms with Crippen LogP contribution in [0.4, 0.5) is 11.4 Å². The summed E-state index contributed by atoms with van der Waals surface area (Å²) >= 11 is 0. The van der Waals surface area contributed by atoms with E-state index in [0.29, 0.717) is 35.5 Å². The first-order valence-corrected chi connectivity index (χ1v) is 7.04. The lowest BCUT2D eigenvalue weighted by atomic mass is 9.98. The molecule has 22 heavy (non-hydrogen) atoms. The number of nitrogens with two attached hydrogens (primary N) is 1. The molecular weight excluding hydrogens is 284 g/mol. The van der Waals surface area contributed by atoms with Crippen LogP contribution in [0.1, 0.15) is 23.7 Å². The maximum absolute atomic E-state index is 12.1. The summed E-state index contributed by atoms with van der Waals surface area (Å²) in [5, 5.41) is 0. The Morgan fingerprint density at radius 3 is 2.82 bits per heavy atom. The number of hydrogen-bond acceptors (Lipinski definition) is 6. The van der Waals surface area contributed by atoms with Crippen molar-refractivity contribution in [1.29, 1.82) is 0 Å². The first-order chi connectivity index (χ1) is 10.4. The fourth-order valence-corrected chi connectivity index (χ4v) is 2.25. The van der Waals surface area contributed by atoms with Gasteiger partial charge in [-0.25, -0.2) is 4.79 Å². The van der Waals surface area contributed by atoms with Gasteiger partial charge >= 0.3 is 5.97 Å². The van der Waals surface area contributed by atoms with Crippen LogP contribution in [0.5, 0.6) is 5.75 Å². The lowest BCUT2D eigenvalue weighted by molar-refractivity contribution is -0.139. The van der Waals surface area contributed by atoms with Crippen molar-refractivity contribution in [2.75, 3.05) is 37.4 Å². The van der Waals surface area contributed by atoms with Crippen LogP contribution in [-0.2, 0) is 9.53 Å². The number of carbonyl (C=O) groups excluding carboxylic acids is 2. The van der Waals surface area contributed by atoms with E-state index >= 15 is 0 Å². The summed E-state index contributed by atoms with van der Waals surface area (Å²) in [6, 6.07) is 3.54. The van der Waals surface area contributed by atoms with Crippen molar-refractivity contribution < 1.29 is 19.1 Å². The fourth-order valence-electron chi connectivity index (χ4n) is 2.25. The molecule has 2 rings (SSSR count). The van der Waals surface area contributed by atoms with Crippen LogP contribution >= 0.6 is 0 Å². The van der Waals surface area contributed by atoms with E-state index in [1.807, 2.05) is 18.0 Å². The van der Waals surface area contributed by atoms with E-state index in [1.165, 1.54) is 0 Å². The Morgan fingerprint density at radius 1 is 1.41 bits per heavy atom. The van der Waals surface area contributed by atoms with Gasteiger partial charge < -0.3 is 20.1 Å². The summed E-state index contributed by atoms with van der Waals surface area (Å²) in [4.78, 5) is 25.3. The average molecular weight is 304 g/mol. The molecule has 1 aromatic rings. The third kappa shape index (κ3) is 3.21. The van der Waals surface area contributed by atoms with Gasteiger partial charge in [-0.15, -0.1) is 0 Å². The van der Waals surface area contributed by atoms with Gasteiger partial charge in [0.2, 0.25) is 0 Å². The molecule has 0 atom stereocenters. The Labute approximate surface area is 129 Å². The highest BCUT2D eigenvalue weighted by molar-refractivity contribution is 6.08. The molecule has 6 nitrogen and oxygen atoms in total. The largest absolute Gasteiger partial charge is 0.488 e. The fraction of sp³-hybridized carbons (Fsp3) is 0.375. The number of anilines is 2. The smallest absolute Gasteiger partial charge is 0.333 e. The predicted molar refractivity (Wildman–Crippen MR) is 84.3 cm³/mol. The normalized spacial score (nSPS) is 13.5. The Morgan fingerprint density at radius 2 is 2.14 bits per heavy atom. The highest BCUT2D eigenvalue weighted by Crippen LogP contribution is 2.36. The molecule has 1 heterocycles. The Bertz CT molecular complexity index is 625. The monoisotopic (exact) mass is 304 g/mol. The number of esters is 1. The number of nitrogen functional groups attached to an aromatic ring is 1. The van der Waals surface area contributed by atoms with Crippen LogP contribution in [-0.4, -0.2) is 38.6 Å². The van der Waals surface area contributed by atoms with E-state index in [-0.39, 0.29) is 19.0 Å². The summed E-state index contributed by atoms with van der Waals surface area (Å²) in [7, 11) is 1.92. The molecule has 1 aliphatic rings. The number of fused-ring (bicyclic) bond motifs is 1. The Hall–Kier alpha value is -2.50. The van der Waals surface area contributed by atoms with Gasteiger partial charge in [-0.1, -0.05) is 6.58 Å². The SMILES string of the molecule is C=C(C)C(=O)OCCOc1ccc2c(c1N)C(=O)CCN2C. The molecule has 0 unspecified atom stereocenters. The number of rotatable bonds is 5. The highest BCUT2D eigenvalue weighted by atomic mass is 16.6. The summed E-state index contributed by atoms with van der Waals surface area (Å²) in [6.07, 6.45) is 0.438. The van der Waals surface area contributed by atoms with Crippen molar-refractivity contribution in [1.82, 2.24) is 0 Å². The molecule has 0 bridgehead atoms. The third-order valence-electron chi connectivity index (χ3n) is 3.47. The zero-order chi connectivity index (χ0) is 16.3. The molecule has 118 valence electrons. The third-order valence-corrected chi connectivity index (χ3v) is 3.47. The predicted octanol–water partition coefficient (Wildman–Crippen LogP) is 1.79.